The summed E-state index contributed by atoms with van der Waals surface area (Å²) in [6, 6.07) is 0. The summed E-state index contributed by atoms with van der Waals surface area (Å²) >= 11 is 0. The lowest BCUT2D eigenvalue weighted by molar-refractivity contribution is 0.0793. The Morgan fingerprint density at radius 2 is 1.89 bits per heavy atom. The standard InChI is InChI=1S/C8H16O/c1-6-5-9-7(2)8(6,3)4/h6-7H,5H2,1-4H3/t6-,7-/m1/s1. The highest BCUT2D eigenvalue weighted by Gasteiger charge is 2.38. The first-order valence-electron chi connectivity index (χ1n) is 3.66. The summed E-state index contributed by atoms with van der Waals surface area (Å²) in [7, 11) is 0. The third-order valence-corrected chi connectivity index (χ3v) is 2.91. The summed E-state index contributed by atoms with van der Waals surface area (Å²) in [5.74, 6) is 0.715. The summed E-state index contributed by atoms with van der Waals surface area (Å²) < 4.78 is 5.48. The Labute approximate surface area is 57.4 Å². The maximum absolute atomic E-state index is 5.48. The van der Waals surface area contributed by atoms with Crippen LogP contribution >= 0.6 is 0 Å². The zero-order valence-electron chi connectivity index (χ0n) is 6.77. The van der Waals surface area contributed by atoms with Gasteiger partial charge in [0, 0.05) is 0 Å². The van der Waals surface area contributed by atoms with Gasteiger partial charge in [0.2, 0.25) is 0 Å². The molecule has 0 aromatic rings. The van der Waals surface area contributed by atoms with Gasteiger partial charge >= 0.3 is 0 Å². The van der Waals surface area contributed by atoms with E-state index in [9.17, 15) is 0 Å². The Bertz CT molecular complexity index is 95.1. The molecule has 1 heteroatoms. The first kappa shape index (κ1) is 7.07. The van der Waals surface area contributed by atoms with Gasteiger partial charge < -0.3 is 4.74 Å². The molecule has 1 saturated heterocycles. The number of rotatable bonds is 0. The van der Waals surface area contributed by atoms with Crippen molar-refractivity contribution in [3.63, 3.8) is 0 Å². The minimum atomic E-state index is 0.389. The fraction of sp³-hybridized carbons (Fsp3) is 1.00. The molecule has 54 valence electrons. The van der Waals surface area contributed by atoms with Crippen LogP contribution in [0.3, 0.4) is 0 Å². The van der Waals surface area contributed by atoms with Gasteiger partial charge in [0.25, 0.3) is 0 Å². The van der Waals surface area contributed by atoms with Crippen LogP contribution in [0, 0.1) is 11.3 Å². The van der Waals surface area contributed by atoms with E-state index in [-0.39, 0.29) is 0 Å². The summed E-state index contributed by atoms with van der Waals surface area (Å²) in [4.78, 5) is 0. The lowest BCUT2D eigenvalue weighted by atomic mass is 9.79. The van der Waals surface area contributed by atoms with Crippen LogP contribution in [0.1, 0.15) is 27.7 Å². The predicted molar refractivity (Wildman–Crippen MR) is 38.4 cm³/mol. The van der Waals surface area contributed by atoms with Gasteiger partial charge in [-0.2, -0.15) is 0 Å². The molecular weight excluding hydrogens is 112 g/mol. The van der Waals surface area contributed by atoms with Crippen molar-refractivity contribution < 1.29 is 4.74 Å². The molecule has 0 aromatic carbocycles. The predicted octanol–water partition coefficient (Wildman–Crippen LogP) is 2.07. The van der Waals surface area contributed by atoms with Crippen LogP contribution < -0.4 is 0 Å². The molecule has 0 unspecified atom stereocenters. The van der Waals surface area contributed by atoms with E-state index < -0.39 is 0 Å². The third kappa shape index (κ3) is 0.983. The number of hydrogen-bond acceptors (Lipinski definition) is 1. The molecule has 0 aromatic heterocycles. The molecule has 0 aliphatic carbocycles. The third-order valence-electron chi connectivity index (χ3n) is 2.91. The largest absolute Gasteiger partial charge is 0.378 e. The van der Waals surface area contributed by atoms with E-state index in [4.69, 9.17) is 4.74 Å². The van der Waals surface area contributed by atoms with Gasteiger partial charge in [-0.15, -0.1) is 0 Å². The van der Waals surface area contributed by atoms with Crippen LogP contribution in [0.5, 0.6) is 0 Å². The van der Waals surface area contributed by atoms with Crippen molar-refractivity contribution in [3.8, 4) is 0 Å². The molecule has 0 saturated carbocycles. The highest BCUT2D eigenvalue weighted by atomic mass is 16.5. The van der Waals surface area contributed by atoms with E-state index in [0.717, 1.165) is 6.61 Å². The van der Waals surface area contributed by atoms with E-state index in [2.05, 4.69) is 27.7 Å². The molecule has 1 aliphatic heterocycles. The molecule has 0 radical (unpaired) electrons. The van der Waals surface area contributed by atoms with Crippen LogP contribution in [0.4, 0.5) is 0 Å². The maximum Gasteiger partial charge on any atom is 0.0601 e. The molecule has 1 aliphatic rings. The van der Waals surface area contributed by atoms with Crippen LogP contribution in [-0.4, -0.2) is 12.7 Å². The Kier molecular flexibility index (Phi) is 1.55. The van der Waals surface area contributed by atoms with Crippen molar-refractivity contribution >= 4 is 0 Å². The minimum Gasteiger partial charge on any atom is -0.378 e. The van der Waals surface area contributed by atoms with Gasteiger partial charge in [0.05, 0.1) is 12.7 Å². The lowest BCUT2D eigenvalue weighted by Crippen LogP contribution is -2.25. The Hall–Kier alpha value is -0.0400. The van der Waals surface area contributed by atoms with Gasteiger partial charge in [0.1, 0.15) is 0 Å². The van der Waals surface area contributed by atoms with E-state index in [1.165, 1.54) is 0 Å². The van der Waals surface area contributed by atoms with E-state index in [1.807, 2.05) is 0 Å². The average Bonchev–Trinajstić information content (AvgIpc) is 1.96. The van der Waals surface area contributed by atoms with Gasteiger partial charge in [-0.25, -0.2) is 0 Å². The number of hydrogen-bond donors (Lipinski definition) is 0. The summed E-state index contributed by atoms with van der Waals surface area (Å²) in [6.45, 7) is 9.89. The SMILES string of the molecule is C[C@@H]1CO[C@H](C)C1(C)C. The molecule has 0 N–H and O–H groups in total. The van der Waals surface area contributed by atoms with Gasteiger partial charge in [-0.1, -0.05) is 20.8 Å². The summed E-state index contributed by atoms with van der Waals surface area (Å²) in [5.41, 5.74) is 0.389. The fourth-order valence-corrected chi connectivity index (χ4v) is 1.12. The minimum absolute atomic E-state index is 0.389. The van der Waals surface area contributed by atoms with Gasteiger partial charge in [-0.05, 0) is 18.3 Å². The summed E-state index contributed by atoms with van der Waals surface area (Å²) in [6.07, 6.45) is 0.437. The van der Waals surface area contributed by atoms with E-state index >= 15 is 0 Å². The molecule has 1 fully saturated rings. The van der Waals surface area contributed by atoms with Crippen molar-refractivity contribution in [3.05, 3.63) is 0 Å². The molecule has 0 spiro atoms. The van der Waals surface area contributed by atoms with Crippen LogP contribution in [0.15, 0.2) is 0 Å². The van der Waals surface area contributed by atoms with Crippen molar-refractivity contribution in [1.29, 1.82) is 0 Å². The summed E-state index contributed by atoms with van der Waals surface area (Å²) in [5, 5.41) is 0. The monoisotopic (exact) mass is 128 g/mol. The normalized spacial score (nSPS) is 41.3. The quantitative estimate of drug-likeness (QED) is 0.485. The molecular formula is C8H16O. The Balaban J connectivity index is 2.66. The van der Waals surface area contributed by atoms with Crippen LogP contribution in [0.2, 0.25) is 0 Å². The second-order valence-electron chi connectivity index (χ2n) is 3.70. The lowest BCUT2D eigenvalue weighted by Gasteiger charge is -2.25. The molecule has 0 amide bonds. The highest BCUT2D eigenvalue weighted by molar-refractivity contribution is 4.86. The molecule has 1 rings (SSSR count). The Morgan fingerprint density at radius 1 is 1.33 bits per heavy atom. The zero-order valence-corrected chi connectivity index (χ0v) is 6.77. The molecule has 9 heavy (non-hydrogen) atoms. The second kappa shape index (κ2) is 1.98. The van der Waals surface area contributed by atoms with Crippen LogP contribution in [0.25, 0.3) is 0 Å². The maximum atomic E-state index is 5.48. The molecule has 1 nitrogen and oxygen atoms in total. The molecule has 0 bridgehead atoms. The number of ether oxygens (including phenoxy) is 1. The molecule has 1 heterocycles. The van der Waals surface area contributed by atoms with Crippen molar-refractivity contribution in [2.45, 2.75) is 33.8 Å². The Morgan fingerprint density at radius 3 is 2.00 bits per heavy atom. The van der Waals surface area contributed by atoms with Crippen molar-refractivity contribution in [2.75, 3.05) is 6.61 Å². The first-order valence-corrected chi connectivity index (χ1v) is 3.66. The highest BCUT2D eigenvalue weighted by Crippen LogP contribution is 2.38. The average molecular weight is 128 g/mol. The zero-order chi connectivity index (χ0) is 7.07. The topological polar surface area (TPSA) is 9.23 Å². The van der Waals surface area contributed by atoms with Gasteiger partial charge in [-0.3, -0.25) is 0 Å². The van der Waals surface area contributed by atoms with E-state index in [0.29, 0.717) is 17.4 Å². The van der Waals surface area contributed by atoms with Crippen LogP contribution in [-0.2, 0) is 4.74 Å². The van der Waals surface area contributed by atoms with E-state index in [1.54, 1.807) is 0 Å². The molecule has 2 atom stereocenters. The first-order chi connectivity index (χ1) is 4.05. The second-order valence-corrected chi connectivity index (χ2v) is 3.70. The van der Waals surface area contributed by atoms with Gasteiger partial charge in [0.15, 0.2) is 0 Å². The fourth-order valence-electron chi connectivity index (χ4n) is 1.12. The van der Waals surface area contributed by atoms with Crippen molar-refractivity contribution in [2.24, 2.45) is 11.3 Å². The smallest absolute Gasteiger partial charge is 0.0601 e. The van der Waals surface area contributed by atoms with Crippen molar-refractivity contribution in [1.82, 2.24) is 0 Å².